The maximum atomic E-state index is 12.5. The van der Waals surface area contributed by atoms with Gasteiger partial charge in [0.25, 0.3) is 10.0 Å². The van der Waals surface area contributed by atoms with E-state index in [9.17, 15) is 8.42 Å². The number of aromatic nitrogens is 2. The Labute approximate surface area is 133 Å². The normalized spacial score (nSPS) is 19.5. The van der Waals surface area contributed by atoms with Gasteiger partial charge in [0, 0.05) is 17.9 Å². The maximum absolute atomic E-state index is 12.5. The quantitative estimate of drug-likeness (QED) is 0.852. The van der Waals surface area contributed by atoms with Crippen LogP contribution in [0.4, 0.5) is 0 Å². The van der Waals surface area contributed by atoms with Crippen molar-refractivity contribution in [3.63, 3.8) is 0 Å². The summed E-state index contributed by atoms with van der Waals surface area (Å²) in [6.07, 6.45) is 0.428. The Hall–Kier alpha value is -1.51. The van der Waals surface area contributed by atoms with Crippen molar-refractivity contribution in [3.8, 4) is 6.01 Å². The Bertz CT molecular complexity index is 739. The van der Waals surface area contributed by atoms with E-state index in [1.165, 1.54) is 15.6 Å². The SMILES string of the molecule is Cc1cc(C)nc(O[C@@H]2CCN(S(=O)(=O)c3cccs3)C2)n1. The van der Waals surface area contributed by atoms with E-state index in [2.05, 4.69) is 9.97 Å². The van der Waals surface area contributed by atoms with Crippen molar-refractivity contribution in [2.24, 2.45) is 0 Å². The van der Waals surface area contributed by atoms with Gasteiger partial charge in [-0.2, -0.15) is 4.31 Å². The minimum absolute atomic E-state index is 0.212. The first-order valence-electron chi connectivity index (χ1n) is 6.98. The molecule has 0 bridgehead atoms. The standard InChI is InChI=1S/C14H17N3O3S2/c1-10-8-11(2)16-14(15-10)20-12-5-6-17(9-12)22(18,19)13-4-3-7-21-13/h3-4,7-8,12H,5-6,9H2,1-2H3/t12-/m1/s1. The molecule has 6 nitrogen and oxygen atoms in total. The lowest BCUT2D eigenvalue weighted by Gasteiger charge is -2.15. The van der Waals surface area contributed by atoms with E-state index in [4.69, 9.17) is 4.74 Å². The number of thiophene rings is 1. The second kappa shape index (κ2) is 5.94. The van der Waals surface area contributed by atoms with Crippen LogP contribution < -0.4 is 4.74 Å². The molecule has 8 heteroatoms. The zero-order valence-electron chi connectivity index (χ0n) is 12.4. The summed E-state index contributed by atoms with van der Waals surface area (Å²) in [6.45, 7) is 4.54. The van der Waals surface area contributed by atoms with Crippen LogP contribution in [-0.2, 0) is 10.0 Å². The van der Waals surface area contributed by atoms with Gasteiger partial charge in [-0.05, 0) is 37.8 Å². The fraction of sp³-hybridized carbons (Fsp3) is 0.429. The molecule has 0 aliphatic carbocycles. The lowest BCUT2D eigenvalue weighted by atomic mass is 10.3. The fourth-order valence-corrected chi connectivity index (χ4v) is 5.08. The lowest BCUT2D eigenvalue weighted by molar-refractivity contribution is 0.197. The number of sulfonamides is 1. The highest BCUT2D eigenvalue weighted by atomic mass is 32.2. The molecule has 1 aliphatic rings. The van der Waals surface area contributed by atoms with Crippen molar-refractivity contribution >= 4 is 21.4 Å². The Kier molecular flexibility index (Phi) is 4.16. The lowest BCUT2D eigenvalue weighted by Crippen LogP contribution is -2.30. The molecule has 118 valence electrons. The fourth-order valence-electron chi connectivity index (χ4n) is 2.45. The predicted molar refractivity (Wildman–Crippen MR) is 83.6 cm³/mol. The van der Waals surface area contributed by atoms with Crippen LogP contribution in [0, 0.1) is 13.8 Å². The summed E-state index contributed by atoms with van der Waals surface area (Å²) in [6, 6.07) is 5.55. The number of rotatable bonds is 4. The van der Waals surface area contributed by atoms with E-state index < -0.39 is 10.0 Å². The molecule has 0 spiro atoms. The van der Waals surface area contributed by atoms with Gasteiger partial charge in [-0.15, -0.1) is 11.3 Å². The van der Waals surface area contributed by atoms with Gasteiger partial charge in [-0.3, -0.25) is 0 Å². The Morgan fingerprint density at radius 2 is 2.05 bits per heavy atom. The van der Waals surface area contributed by atoms with Crippen molar-refractivity contribution in [2.75, 3.05) is 13.1 Å². The molecule has 3 heterocycles. The molecular formula is C14H17N3O3S2. The van der Waals surface area contributed by atoms with Gasteiger partial charge in [0.05, 0.1) is 6.54 Å². The largest absolute Gasteiger partial charge is 0.459 e. The zero-order chi connectivity index (χ0) is 15.7. The average Bonchev–Trinajstić information content (AvgIpc) is 3.08. The van der Waals surface area contributed by atoms with Crippen molar-refractivity contribution in [3.05, 3.63) is 35.0 Å². The van der Waals surface area contributed by atoms with Gasteiger partial charge in [0.15, 0.2) is 0 Å². The van der Waals surface area contributed by atoms with Crippen molar-refractivity contribution < 1.29 is 13.2 Å². The number of aryl methyl sites for hydroxylation is 2. The molecular weight excluding hydrogens is 322 g/mol. The first-order chi connectivity index (χ1) is 10.4. The van der Waals surface area contributed by atoms with Crippen LogP contribution in [0.2, 0.25) is 0 Å². The summed E-state index contributed by atoms with van der Waals surface area (Å²) in [5, 5.41) is 1.76. The molecule has 2 aromatic rings. The molecule has 1 fully saturated rings. The second-order valence-electron chi connectivity index (χ2n) is 5.26. The third-order valence-corrected chi connectivity index (χ3v) is 6.67. The molecule has 1 atom stereocenters. The van der Waals surface area contributed by atoms with Crippen molar-refractivity contribution in [1.29, 1.82) is 0 Å². The third-order valence-electron chi connectivity index (χ3n) is 3.43. The van der Waals surface area contributed by atoms with E-state index >= 15 is 0 Å². The number of nitrogens with zero attached hydrogens (tertiary/aromatic N) is 3. The van der Waals surface area contributed by atoms with Crippen LogP contribution in [0.15, 0.2) is 27.8 Å². The second-order valence-corrected chi connectivity index (χ2v) is 8.37. The summed E-state index contributed by atoms with van der Waals surface area (Å²) in [4.78, 5) is 8.47. The van der Waals surface area contributed by atoms with Crippen LogP contribution >= 0.6 is 11.3 Å². The van der Waals surface area contributed by atoms with E-state index in [0.717, 1.165) is 11.4 Å². The third kappa shape index (κ3) is 3.13. The van der Waals surface area contributed by atoms with E-state index in [1.54, 1.807) is 17.5 Å². The summed E-state index contributed by atoms with van der Waals surface area (Å²) in [5.41, 5.74) is 1.67. The van der Waals surface area contributed by atoms with Gasteiger partial charge < -0.3 is 4.74 Å². The molecule has 1 aliphatic heterocycles. The topological polar surface area (TPSA) is 72.4 Å². The Morgan fingerprint density at radius 3 is 2.68 bits per heavy atom. The molecule has 3 rings (SSSR count). The van der Waals surface area contributed by atoms with Gasteiger partial charge in [-0.1, -0.05) is 6.07 Å². The molecule has 0 unspecified atom stereocenters. The van der Waals surface area contributed by atoms with Crippen LogP contribution in [0.1, 0.15) is 17.8 Å². The molecule has 0 aromatic carbocycles. The van der Waals surface area contributed by atoms with E-state index in [-0.39, 0.29) is 6.10 Å². The highest BCUT2D eigenvalue weighted by Crippen LogP contribution is 2.25. The molecule has 22 heavy (non-hydrogen) atoms. The monoisotopic (exact) mass is 339 g/mol. The molecule has 2 aromatic heterocycles. The minimum atomic E-state index is -3.41. The van der Waals surface area contributed by atoms with Gasteiger partial charge in [-0.25, -0.2) is 18.4 Å². The smallest absolute Gasteiger partial charge is 0.317 e. The summed E-state index contributed by atoms with van der Waals surface area (Å²) >= 11 is 1.23. The van der Waals surface area contributed by atoms with Gasteiger partial charge in [0.1, 0.15) is 10.3 Å². The summed E-state index contributed by atoms with van der Waals surface area (Å²) in [7, 11) is -3.41. The highest BCUT2D eigenvalue weighted by molar-refractivity contribution is 7.91. The van der Waals surface area contributed by atoms with Crippen LogP contribution in [-0.4, -0.2) is 41.9 Å². The average molecular weight is 339 g/mol. The van der Waals surface area contributed by atoms with Crippen LogP contribution in [0.5, 0.6) is 6.01 Å². The predicted octanol–water partition coefficient (Wildman–Crippen LogP) is 2.00. The van der Waals surface area contributed by atoms with Crippen molar-refractivity contribution in [2.45, 2.75) is 30.6 Å². The first-order valence-corrected chi connectivity index (χ1v) is 9.30. The molecule has 0 N–H and O–H groups in total. The molecule has 0 saturated carbocycles. The molecule has 1 saturated heterocycles. The molecule has 0 radical (unpaired) electrons. The maximum Gasteiger partial charge on any atom is 0.317 e. The van der Waals surface area contributed by atoms with E-state index in [1.807, 2.05) is 19.9 Å². The summed E-state index contributed by atoms with van der Waals surface area (Å²) < 4.78 is 32.5. The molecule has 0 amide bonds. The number of hydrogen-bond acceptors (Lipinski definition) is 6. The van der Waals surface area contributed by atoms with Gasteiger partial charge >= 0.3 is 6.01 Å². The van der Waals surface area contributed by atoms with Gasteiger partial charge in [0.2, 0.25) is 0 Å². The Balaban J connectivity index is 1.70. The number of ether oxygens (including phenoxy) is 1. The Morgan fingerprint density at radius 1 is 1.32 bits per heavy atom. The van der Waals surface area contributed by atoms with Crippen molar-refractivity contribution in [1.82, 2.24) is 14.3 Å². The first kappa shape index (κ1) is 15.4. The van der Waals surface area contributed by atoms with Crippen LogP contribution in [0.25, 0.3) is 0 Å². The highest BCUT2D eigenvalue weighted by Gasteiger charge is 2.34. The zero-order valence-corrected chi connectivity index (χ0v) is 14.0. The number of hydrogen-bond donors (Lipinski definition) is 0. The summed E-state index contributed by atoms with van der Waals surface area (Å²) in [5.74, 6) is 0. The van der Waals surface area contributed by atoms with Crippen LogP contribution in [0.3, 0.4) is 0 Å². The van der Waals surface area contributed by atoms with E-state index in [0.29, 0.717) is 29.7 Å². The minimum Gasteiger partial charge on any atom is -0.459 e.